The lowest BCUT2D eigenvalue weighted by molar-refractivity contribution is 0.0806. The van der Waals surface area contributed by atoms with Crippen molar-refractivity contribution >= 4 is 5.78 Å². The Morgan fingerprint density at radius 1 is 1.21 bits per heavy atom. The van der Waals surface area contributed by atoms with Crippen molar-refractivity contribution in [1.82, 2.24) is 19.7 Å². The summed E-state index contributed by atoms with van der Waals surface area (Å²) in [5.74, 6) is 0.953. The van der Waals surface area contributed by atoms with Crippen LogP contribution in [0.25, 0.3) is 5.69 Å². The Morgan fingerprint density at radius 3 is 2.89 bits per heavy atom. The minimum absolute atomic E-state index is 0.0117. The number of carbonyl (C=O) groups is 1. The quantitative estimate of drug-likeness (QED) is 0.617. The molecule has 6 nitrogen and oxygen atoms in total. The second-order valence-corrected chi connectivity index (χ2v) is 7.10. The van der Waals surface area contributed by atoms with Gasteiger partial charge in [0.05, 0.1) is 12.8 Å². The first-order valence-electron chi connectivity index (χ1n) is 9.59. The van der Waals surface area contributed by atoms with Crippen LogP contribution >= 0.6 is 0 Å². The summed E-state index contributed by atoms with van der Waals surface area (Å²) in [6.07, 6.45) is 7.31. The average molecular weight is 376 g/mol. The molecule has 6 heteroatoms. The van der Waals surface area contributed by atoms with Gasteiger partial charge >= 0.3 is 0 Å². The van der Waals surface area contributed by atoms with E-state index in [4.69, 9.17) is 4.74 Å². The molecule has 0 N–H and O–H groups in total. The molecular weight excluding hydrogens is 352 g/mol. The number of hydrogen-bond acceptors (Lipinski definition) is 5. The van der Waals surface area contributed by atoms with Crippen molar-refractivity contribution in [1.29, 1.82) is 0 Å². The SMILES string of the molecule is COc1ccc(-n2cccn2)c(CN2CCCC(C(=O)c3ccccn3)C2)c1. The molecule has 1 fully saturated rings. The van der Waals surface area contributed by atoms with Crippen LogP contribution in [0.15, 0.2) is 61.1 Å². The Hall–Kier alpha value is -2.99. The van der Waals surface area contributed by atoms with Gasteiger partial charge in [0.1, 0.15) is 11.4 Å². The van der Waals surface area contributed by atoms with Crippen molar-refractivity contribution in [2.24, 2.45) is 5.92 Å². The third-order valence-electron chi connectivity index (χ3n) is 5.23. The highest BCUT2D eigenvalue weighted by Gasteiger charge is 2.27. The van der Waals surface area contributed by atoms with Crippen LogP contribution < -0.4 is 4.74 Å². The van der Waals surface area contributed by atoms with Crippen molar-refractivity contribution in [3.8, 4) is 11.4 Å². The van der Waals surface area contributed by atoms with Crippen LogP contribution in [-0.4, -0.2) is 45.6 Å². The molecule has 1 saturated heterocycles. The summed E-state index contributed by atoms with van der Waals surface area (Å²) in [4.78, 5) is 19.4. The van der Waals surface area contributed by atoms with E-state index < -0.39 is 0 Å². The number of methoxy groups -OCH3 is 1. The van der Waals surface area contributed by atoms with Crippen LogP contribution in [0.2, 0.25) is 0 Å². The summed E-state index contributed by atoms with van der Waals surface area (Å²) in [5.41, 5.74) is 2.73. The van der Waals surface area contributed by atoms with E-state index in [1.165, 1.54) is 0 Å². The number of ether oxygens (including phenoxy) is 1. The number of pyridine rings is 1. The molecule has 0 bridgehead atoms. The van der Waals surface area contributed by atoms with Crippen LogP contribution in [0, 0.1) is 5.92 Å². The molecule has 3 heterocycles. The zero-order valence-corrected chi connectivity index (χ0v) is 16.0. The van der Waals surface area contributed by atoms with E-state index in [1.54, 1.807) is 25.6 Å². The highest BCUT2D eigenvalue weighted by atomic mass is 16.5. The first-order chi connectivity index (χ1) is 13.7. The number of aromatic nitrogens is 3. The van der Waals surface area contributed by atoms with Crippen molar-refractivity contribution in [3.05, 3.63) is 72.3 Å². The van der Waals surface area contributed by atoms with Gasteiger partial charge in [0, 0.05) is 37.6 Å². The van der Waals surface area contributed by atoms with E-state index in [0.717, 1.165) is 49.5 Å². The fraction of sp³-hybridized carbons (Fsp3) is 0.318. The standard InChI is InChI=1S/C22H24N4O2/c1-28-19-8-9-21(26-13-5-11-24-26)18(14-19)16-25-12-4-6-17(15-25)22(27)20-7-2-3-10-23-20/h2-3,5,7-11,13-14,17H,4,6,12,15-16H2,1H3. The lowest BCUT2D eigenvalue weighted by Crippen LogP contribution is -2.38. The molecule has 1 aromatic carbocycles. The fourth-order valence-corrected chi connectivity index (χ4v) is 3.82. The van der Waals surface area contributed by atoms with Gasteiger partial charge in [-0.3, -0.25) is 14.7 Å². The van der Waals surface area contributed by atoms with Crippen LogP contribution in [0.1, 0.15) is 28.9 Å². The van der Waals surface area contributed by atoms with Crippen molar-refractivity contribution in [2.45, 2.75) is 19.4 Å². The second kappa shape index (κ2) is 8.35. The maximum absolute atomic E-state index is 12.8. The average Bonchev–Trinajstić information content (AvgIpc) is 3.28. The Bertz CT molecular complexity index is 925. The number of carbonyl (C=O) groups excluding carboxylic acids is 1. The van der Waals surface area contributed by atoms with Crippen molar-refractivity contribution in [2.75, 3.05) is 20.2 Å². The molecule has 0 saturated carbocycles. The topological polar surface area (TPSA) is 60.2 Å². The van der Waals surface area contributed by atoms with Gasteiger partial charge in [0.15, 0.2) is 5.78 Å². The number of hydrogen-bond donors (Lipinski definition) is 0. The van der Waals surface area contributed by atoms with Crippen LogP contribution in [0.5, 0.6) is 5.75 Å². The Morgan fingerprint density at radius 2 is 2.14 bits per heavy atom. The Labute approximate surface area is 164 Å². The van der Waals surface area contributed by atoms with Gasteiger partial charge in [-0.1, -0.05) is 6.07 Å². The first kappa shape index (κ1) is 18.4. The van der Waals surface area contributed by atoms with E-state index in [2.05, 4.69) is 21.0 Å². The van der Waals surface area contributed by atoms with Gasteiger partial charge in [-0.15, -0.1) is 0 Å². The van der Waals surface area contributed by atoms with Crippen LogP contribution in [0.3, 0.4) is 0 Å². The largest absolute Gasteiger partial charge is 0.497 e. The molecular formula is C22H24N4O2. The number of ketones is 1. The third-order valence-corrected chi connectivity index (χ3v) is 5.23. The number of nitrogens with zero attached hydrogens (tertiary/aromatic N) is 4. The smallest absolute Gasteiger partial charge is 0.185 e. The molecule has 0 aliphatic carbocycles. The summed E-state index contributed by atoms with van der Waals surface area (Å²) in [6, 6.07) is 13.5. The van der Waals surface area contributed by atoms with E-state index >= 15 is 0 Å². The summed E-state index contributed by atoms with van der Waals surface area (Å²) in [5, 5.41) is 4.37. The van der Waals surface area contributed by atoms with E-state index in [0.29, 0.717) is 5.69 Å². The molecule has 2 aromatic heterocycles. The maximum Gasteiger partial charge on any atom is 0.185 e. The molecule has 1 aliphatic heterocycles. The lowest BCUT2D eigenvalue weighted by atomic mass is 9.91. The Balaban J connectivity index is 1.53. The second-order valence-electron chi connectivity index (χ2n) is 7.10. The summed E-state index contributed by atoms with van der Waals surface area (Å²) in [6.45, 7) is 2.46. The van der Waals surface area contributed by atoms with Gasteiger partial charge < -0.3 is 4.74 Å². The van der Waals surface area contributed by atoms with Gasteiger partial charge in [-0.05, 0) is 61.3 Å². The fourth-order valence-electron chi connectivity index (χ4n) is 3.82. The zero-order chi connectivity index (χ0) is 19.3. The molecule has 144 valence electrons. The van der Waals surface area contributed by atoms with Gasteiger partial charge in [-0.25, -0.2) is 4.68 Å². The summed E-state index contributed by atoms with van der Waals surface area (Å²) < 4.78 is 7.29. The summed E-state index contributed by atoms with van der Waals surface area (Å²) >= 11 is 0. The third kappa shape index (κ3) is 3.97. The Kier molecular flexibility index (Phi) is 5.48. The van der Waals surface area contributed by atoms with E-state index in [9.17, 15) is 4.79 Å². The number of Topliss-reactive ketones (excluding diaryl/α,β-unsaturated/α-hetero) is 1. The molecule has 1 atom stereocenters. The van der Waals surface area contributed by atoms with Crippen LogP contribution in [-0.2, 0) is 6.54 Å². The monoisotopic (exact) mass is 376 g/mol. The van der Waals surface area contributed by atoms with Crippen molar-refractivity contribution in [3.63, 3.8) is 0 Å². The molecule has 1 aliphatic rings. The highest BCUT2D eigenvalue weighted by Crippen LogP contribution is 2.26. The predicted octanol–water partition coefficient (Wildman–Crippen LogP) is 3.37. The molecule has 0 spiro atoms. The number of piperidine rings is 1. The number of likely N-dealkylation sites (tertiary alicyclic amines) is 1. The molecule has 1 unspecified atom stereocenters. The van der Waals surface area contributed by atoms with Crippen molar-refractivity contribution < 1.29 is 9.53 Å². The minimum atomic E-state index is -0.0117. The number of rotatable bonds is 6. The molecule has 0 amide bonds. The van der Waals surface area contributed by atoms with Crippen LogP contribution in [0.4, 0.5) is 0 Å². The first-order valence-corrected chi connectivity index (χ1v) is 9.59. The maximum atomic E-state index is 12.8. The normalized spacial score (nSPS) is 17.4. The predicted molar refractivity (Wildman–Crippen MR) is 107 cm³/mol. The molecule has 0 radical (unpaired) electrons. The zero-order valence-electron chi connectivity index (χ0n) is 16.0. The van der Waals surface area contributed by atoms with Gasteiger partial charge in [-0.2, -0.15) is 5.10 Å². The molecule has 28 heavy (non-hydrogen) atoms. The highest BCUT2D eigenvalue weighted by molar-refractivity contribution is 5.96. The van der Waals surface area contributed by atoms with E-state index in [-0.39, 0.29) is 11.7 Å². The molecule has 3 aromatic rings. The van der Waals surface area contributed by atoms with E-state index in [1.807, 2.05) is 41.2 Å². The van der Waals surface area contributed by atoms with Gasteiger partial charge in [0.2, 0.25) is 0 Å². The molecule has 4 rings (SSSR count). The minimum Gasteiger partial charge on any atom is -0.497 e. The summed E-state index contributed by atoms with van der Waals surface area (Å²) in [7, 11) is 1.68. The lowest BCUT2D eigenvalue weighted by Gasteiger charge is -2.32. The number of benzene rings is 1. The van der Waals surface area contributed by atoms with Gasteiger partial charge in [0.25, 0.3) is 0 Å².